The third-order valence-corrected chi connectivity index (χ3v) is 3.26. The van der Waals surface area contributed by atoms with Gasteiger partial charge in [0.1, 0.15) is 0 Å². The Bertz CT molecular complexity index is 367. The molecule has 1 aromatic rings. The van der Waals surface area contributed by atoms with Crippen molar-refractivity contribution in [2.24, 2.45) is 0 Å². The molecule has 1 N–H and O–H groups in total. The highest BCUT2D eigenvalue weighted by Gasteiger charge is 2.16. The van der Waals surface area contributed by atoms with Crippen LogP contribution < -0.4 is 5.32 Å². The molecular formula is C14H25N3O2. The van der Waals surface area contributed by atoms with E-state index in [9.17, 15) is 0 Å². The van der Waals surface area contributed by atoms with Crippen molar-refractivity contribution in [1.29, 1.82) is 0 Å². The van der Waals surface area contributed by atoms with Gasteiger partial charge in [-0.15, -0.1) is 0 Å². The lowest BCUT2D eigenvalue weighted by Crippen LogP contribution is -2.29. The number of rotatable bonds is 6. The minimum atomic E-state index is 0.302. The van der Waals surface area contributed by atoms with E-state index in [1.807, 2.05) is 0 Å². The van der Waals surface area contributed by atoms with Gasteiger partial charge in [-0.05, 0) is 26.3 Å². The van der Waals surface area contributed by atoms with Gasteiger partial charge in [-0.3, -0.25) is 4.90 Å². The van der Waals surface area contributed by atoms with E-state index in [2.05, 4.69) is 35.3 Å². The molecule has 1 atom stereocenters. The quantitative estimate of drug-likeness (QED) is 0.796. The smallest absolute Gasteiger partial charge is 0.151 e. The molecule has 19 heavy (non-hydrogen) atoms. The van der Waals surface area contributed by atoms with Gasteiger partial charge in [0.25, 0.3) is 0 Å². The van der Waals surface area contributed by atoms with Crippen molar-refractivity contribution in [2.45, 2.75) is 45.9 Å². The summed E-state index contributed by atoms with van der Waals surface area (Å²) in [6.45, 7) is 9.80. The first-order valence-electron chi connectivity index (χ1n) is 7.27. The number of hydrogen-bond acceptors (Lipinski definition) is 5. The van der Waals surface area contributed by atoms with Crippen molar-refractivity contribution < 1.29 is 9.26 Å². The standard InChI is InChI=1S/C14H25N3O2/c1-3-5-15-9-13-8-14(19-16-13)11-17-6-4-7-18-12(2)10-17/h8,12,15H,3-7,9-11H2,1-2H3. The molecule has 1 fully saturated rings. The van der Waals surface area contributed by atoms with Crippen LogP contribution in [0.2, 0.25) is 0 Å². The summed E-state index contributed by atoms with van der Waals surface area (Å²) >= 11 is 0. The maximum absolute atomic E-state index is 5.64. The molecule has 0 saturated carbocycles. The maximum atomic E-state index is 5.64. The molecule has 2 rings (SSSR count). The van der Waals surface area contributed by atoms with Crippen LogP contribution in [0.25, 0.3) is 0 Å². The highest BCUT2D eigenvalue weighted by Crippen LogP contribution is 2.11. The lowest BCUT2D eigenvalue weighted by atomic mass is 10.3. The molecule has 5 heteroatoms. The molecule has 5 nitrogen and oxygen atoms in total. The Morgan fingerprint density at radius 2 is 2.42 bits per heavy atom. The molecule has 0 bridgehead atoms. The Morgan fingerprint density at radius 3 is 3.26 bits per heavy atom. The summed E-state index contributed by atoms with van der Waals surface area (Å²) in [6.07, 6.45) is 2.52. The fraction of sp³-hybridized carbons (Fsp3) is 0.786. The molecular weight excluding hydrogens is 242 g/mol. The summed E-state index contributed by atoms with van der Waals surface area (Å²) in [5, 5.41) is 7.43. The van der Waals surface area contributed by atoms with E-state index in [1.165, 1.54) is 0 Å². The first-order valence-corrected chi connectivity index (χ1v) is 7.27. The maximum Gasteiger partial charge on any atom is 0.151 e. The highest BCUT2D eigenvalue weighted by molar-refractivity contribution is 5.05. The molecule has 2 heterocycles. The van der Waals surface area contributed by atoms with E-state index < -0.39 is 0 Å². The van der Waals surface area contributed by atoms with Crippen LogP contribution in [0, 0.1) is 0 Å². The molecule has 0 aromatic carbocycles. The van der Waals surface area contributed by atoms with E-state index >= 15 is 0 Å². The van der Waals surface area contributed by atoms with Crippen LogP contribution in [0.3, 0.4) is 0 Å². The van der Waals surface area contributed by atoms with Crippen molar-refractivity contribution in [1.82, 2.24) is 15.4 Å². The van der Waals surface area contributed by atoms with Crippen molar-refractivity contribution in [3.8, 4) is 0 Å². The Balaban J connectivity index is 1.81. The third kappa shape index (κ3) is 4.93. The van der Waals surface area contributed by atoms with Gasteiger partial charge in [-0.2, -0.15) is 0 Å². The Hall–Kier alpha value is -0.910. The highest BCUT2D eigenvalue weighted by atomic mass is 16.5. The number of aromatic nitrogens is 1. The van der Waals surface area contributed by atoms with E-state index in [-0.39, 0.29) is 0 Å². The van der Waals surface area contributed by atoms with Crippen molar-refractivity contribution in [2.75, 3.05) is 26.2 Å². The largest absolute Gasteiger partial charge is 0.377 e. The topological polar surface area (TPSA) is 50.5 Å². The van der Waals surface area contributed by atoms with Crippen LogP contribution in [0.4, 0.5) is 0 Å². The molecule has 1 unspecified atom stereocenters. The minimum Gasteiger partial charge on any atom is -0.377 e. The lowest BCUT2D eigenvalue weighted by molar-refractivity contribution is 0.0655. The molecule has 0 radical (unpaired) electrons. The van der Waals surface area contributed by atoms with Crippen LogP contribution in [-0.2, 0) is 17.8 Å². The first kappa shape index (κ1) is 14.5. The molecule has 0 amide bonds. The second-order valence-corrected chi connectivity index (χ2v) is 5.23. The monoisotopic (exact) mass is 267 g/mol. The Labute approximate surface area is 115 Å². The summed E-state index contributed by atoms with van der Waals surface area (Å²) < 4.78 is 11.0. The lowest BCUT2D eigenvalue weighted by Gasteiger charge is -2.19. The number of hydrogen-bond donors (Lipinski definition) is 1. The average molecular weight is 267 g/mol. The van der Waals surface area contributed by atoms with E-state index in [0.29, 0.717) is 6.10 Å². The summed E-state index contributed by atoms with van der Waals surface area (Å²) in [6, 6.07) is 2.05. The summed E-state index contributed by atoms with van der Waals surface area (Å²) in [7, 11) is 0. The molecule has 108 valence electrons. The van der Waals surface area contributed by atoms with Crippen LogP contribution >= 0.6 is 0 Å². The molecule has 0 aliphatic carbocycles. The predicted octanol–water partition coefficient (Wildman–Crippen LogP) is 1.78. The van der Waals surface area contributed by atoms with Gasteiger partial charge < -0.3 is 14.6 Å². The van der Waals surface area contributed by atoms with Crippen molar-refractivity contribution in [3.05, 3.63) is 17.5 Å². The number of nitrogens with zero attached hydrogens (tertiary/aromatic N) is 2. The third-order valence-electron chi connectivity index (χ3n) is 3.26. The summed E-state index contributed by atoms with van der Waals surface area (Å²) in [4.78, 5) is 2.38. The SMILES string of the molecule is CCCNCc1cc(CN2CCCOC(C)C2)on1. The zero-order valence-corrected chi connectivity index (χ0v) is 12.0. The van der Waals surface area contributed by atoms with Gasteiger partial charge in [-0.1, -0.05) is 12.1 Å². The van der Waals surface area contributed by atoms with Crippen molar-refractivity contribution >= 4 is 0 Å². The van der Waals surface area contributed by atoms with Crippen molar-refractivity contribution in [3.63, 3.8) is 0 Å². The van der Waals surface area contributed by atoms with Crippen LogP contribution in [0.1, 0.15) is 38.1 Å². The van der Waals surface area contributed by atoms with Crippen LogP contribution in [0.15, 0.2) is 10.6 Å². The van der Waals surface area contributed by atoms with Gasteiger partial charge >= 0.3 is 0 Å². The Morgan fingerprint density at radius 1 is 1.53 bits per heavy atom. The van der Waals surface area contributed by atoms with Gasteiger partial charge in [0.15, 0.2) is 5.76 Å². The molecule has 1 saturated heterocycles. The molecule has 1 aliphatic heterocycles. The van der Waals surface area contributed by atoms with Crippen LogP contribution in [0.5, 0.6) is 0 Å². The molecule has 0 spiro atoms. The molecule has 1 aromatic heterocycles. The number of nitrogens with one attached hydrogen (secondary N) is 1. The normalized spacial score (nSPS) is 21.5. The van der Waals surface area contributed by atoms with Gasteiger partial charge in [0.2, 0.25) is 0 Å². The zero-order valence-electron chi connectivity index (χ0n) is 12.0. The van der Waals surface area contributed by atoms with Crippen LogP contribution in [-0.4, -0.2) is 42.4 Å². The predicted molar refractivity (Wildman–Crippen MR) is 73.8 cm³/mol. The second kappa shape index (κ2) is 7.62. The minimum absolute atomic E-state index is 0.302. The summed E-state index contributed by atoms with van der Waals surface area (Å²) in [5.74, 6) is 0.947. The number of ether oxygens (including phenoxy) is 1. The first-order chi connectivity index (χ1) is 9.28. The van der Waals surface area contributed by atoms with Gasteiger partial charge in [0, 0.05) is 32.3 Å². The molecule has 1 aliphatic rings. The second-order valence-electron chi connectivity index (χ2n) is 5.23. The Kier molecular flexibility index (Phi) is 5.82. The fourth-order valence-electron chi connectivity index (χ4n) is 2.35. The van der Waals surface area contributed by atoms with Gasteiger partial charge in [0.05, 0.1) is 18.3 Å². The van der Waals surface area contributed by atoms with Gasteiger partial charge in [-0.25, -0.2) is 0 Å². The van der Waals surface area contributed by atoms with E-state index in [0.717, 1.165) is 63.6 Å². The van der Waals surface area contributed by atoms with E-state index in [4.69, 9.17) is 9.26 Å². The average Bonchev–Trinajstić information content (AvgIpc) is 2.72. The zero-order chi connectivity index (χ0) is 13.5. The fourth-order valence-corrected chi connectivity index (χ4v) is 2.35. The van der Waals surface area contributed by atoms with E-state index in [1.54, 1.807) is 0 Å². The summed E-state index contributed by atoms with van der Waals surface area (Å²) in [5.41, 5.74) is 0.988.